The first-order chi connectivity index (χ1) is 9.65. The molecule has 0 saturated heterocycles. The second kappa shape index (κ2) is 6.48. The molecule has 1 unspecified atom stereocenters. The molecule has 0 radical (unpaired) electrons. The van der Waals surface area contributed by atoms with Gasteiger partial charge in [0.2, 0.25) is 0 Å². The predicted octanol–water partition coefficient (Wildman–Crippen LogP) is 3.48. The third kappa shape index (κ3) is 3.14. The summed E-state index contributed by atoms with van der Waals surface area (Å²) in [6.07, 6.45) is 0.515. The van der Waals surface area contributed by atoms with Gasteiger partial charge in [-0.1, -0.05) is 18.2 Å². The van der Waals surface area contributed by atoms with Crippen molar-refractivity contribution in [1.29, 1.82) is 0 Å². The maximum atomic E-state index is 13.9. The molecule has 0 heterocycles. The molecule has 2 aromatic rings. The first kappa shape index (κ1) is 14.5. The second-order valence-corrected chi connectivity index (χ2v) is 4.52. The summed E-state index contributed by atoms with van der Waals surface area (Å²) >= 11 is 0. The molecule has 106 valence electrons. The average molecular weight is 277 g/mol. The Bertz CT molecular complexity index is 586. The standard InChI is InChI=1S/C16H17F2NO/c1-19-15(13-10-12(17)7-8-14(13)18)9-11-5-3-4-6-16(11)20-2/h3-8,10,15,19H,9H2,1-2H3. The first-order valence-corrected chi connectivity index (χ1v) is 6.39. The van der Waals surface area contributed by atoms with Crippen LogP contribution in [-0.2, 0) is 6.42 Å². The number of halogens is 2. The van der Waals surface area contributed by atoms with E-state index in [0.717, 1.165) is 23.4 Å². The van der Waals surface area contributed by atoms with Gasteiger partial charge in [-0.3, -0.25) is 0 Å². The lowest BCUT2D eigenvalue weighted by atomic mass is 9.98. The number of para-hydroxylation sites is 1. The maximum Gasteiger partial charge on any atom is 0.128 e. The normalized spacial score (nSPS) is 12.2. The Kier molecular flexibility index (Phi) is 4.69. The molecule has 2 nitrogen and oxygen atoms in total. The smallest absolute Gasteiger partial charge is 0.128 e. The summed E-state index contributed by atoms with van der Waals surface area (Å²) in [5, 5.41) is 3.02. The van der Waals surface area contributed by atoms with Crippen LogP contribution in [0.15, 0.2) is 42.5 Å². The van der Waals surface area contributed by atoms with Gasteiger partial charge in [0.1, 0.15) is 17.4 Å². The molecule has 0 aliphatic heterocycles. The Labute approximate surface area is 117 Å². The molecule has 0 bridgehead atoms. The second-order valence-electron chi connectivity index (χ2n) is 4.52. The molecule has 2 rings (SSSR count). The summed E-state index contributed by atoms with van der Waals surface area (Å²) < 4.78 is 32.4. The fraction of sp³-hybridized carbons (Fsp3) is 0.250. The van der Waals surface area contributed by atoms with Crippen molar-refractivity contribution in [3.8, 4) is 5.75 Å². The minimum absolute atomic E-state index is 0.318. The topological polar surface area (TPSA) is 21.3 Å². The van der Waals surface area contributed by atoms with Gasteiger partial charge in [0.25, 0.3) is 0 Å². The molecular formula is C16H17F2NO. The summed E-state index contributed by atoms with van der Waals surface area (Å²) in [7, 11) is 3.32. The Balaban J connectivity index is 2.31. The van der Waals surface area contributed by atoms with Gasteiger partial charge in [-0.25, -0.2) is 8.78 Å². The number of rotatable bonds is 5. The third-order valence-electron chi connectivity index (χ3n) is 3.30. The Morgan fingerprint density at radius 1 is 1.15 bits per heavy atom. The molecule has 4 heteroatoms. The van der Waals surface area contributed by atoms with Crippen molar-refractivity contribution in [1.82, 2.24) is 5.32 Å². The molecule has 0 fully saturated rings. The maximum absolute atomic E-state index is 13.9. The molecule has 0 aliphatic carbocycles. The number of ether oxygens (including phenoxy) is 1. The molecule has 2 aromatic carbocycles. The van der Waals surface area contributed by atoms with Crippen LogP contribution in [0.5, 0.6) is 5.75 Å². The molecule has 1 N–H and O–H groups in total. The fourth-order valence-electron chi connectivity index (χ4n) is 2.24. The molecule has 0 aliphatic rings. The van der Waals surface area contributed by atoms with E-state index in [4.69, 9.17) is 4.74 Å². The Hall–Kier alpha value is -1.94. The van der Waals surface area contributed by atoms with Crippen molar-refractivity contribution in [3.05, 3.63) is 65.2 Å². The van der Waals surface area contributed by atoms with Gasteiger partial charge < -0.3 is 10.1 Å². The zero-order valence-electron chi connectivity index (χ0n) is 11.5. The molecular weight excluding hydrogens is 260 g/mol. The van der Waals surface area contributed by atoms with E-state index in [-0.39, 0.29) is 6.04 Å². The molecule has 20 heavy (non-hydrogen) atoms. The minimum Gasteiger partial charge on any atom is -0.496 e. The van der Waals surface area contributed by atoms with Crippen molar-refractivity contribution in [2.75, 3.05) is 14.2 Å². The highest BCUT2D eigenvalue weighted by molar-refractivity contribution is 5.35. The third-order valence-corrected chi connectivity index (χ3v) is 3.30. The van der Waals surface area contributed by atoms with E-state index in [2.05, 4.69) is 5.32 Å². The molecule has 0 saturated carbocycles. The van der Waals surface area contributed by atoms with E-state index in [0.29, 0.717) is 12.0 Å². The van der Waals surface area contributed by atoms with E-state index in [1.807, 2.05) is 24.3 Å². The summed E-state index contributed by atoms with van der Waals surface area (Å²) in [5.74, 6) is -0.119. The van der Waals surface area contributed by atoms with E-state index >= 15 is 0 Å². The van der Waals surface area contributed by atoms with Gasteiger partial charge in [-0.05, 0) is 43.3 Å². The molecule has 0 aromatic heterocycles. The summed E-state index contributed by atoms with van der Waals surface area (Å²) in [5.41, 5.74) is 1.26. The predicted molar refractivity (Wildman–Crippen MR) is 74.9 cm³/mol. The lowest BCUT2D eigenvalue weighted by molar-refractivity contribution is 0.405. The van der Waals surface area contributed by atoms with Gasteiger partial charge in [0, 0.05) is 11.6 Å². The minimum atomic E-state index is -0.443. The van der Waals surface area contributed by atoms with Crippen LogP contribution in [0.2, 0.25) is 0 Å². The lowest BCUT2D eigenvalue weighted by Crippen LogP contribution is -2.20. The van der Waals surface area contributed by atoms with Gasteiger partial charge in [-0.2, -0.15) is 0 Å². The molecule has 0 amide bonds. The van der Waals surface area contributed by atoms with E-state index < -0.39 is 11.6 Å². The van der Waals surface area contributed by atoms with Gasteiger partial charge in [0.05, 0.1) is 7.11 Å². The fourth-order valence-corrected chi connectivity index (χ4v) is 2.24. The summed E-state index contributed by atoms with van der Waals surface area (Å²) in [4.78, 5) is 0. The summed E-state index contributed by atoms with van der Waals surface area (Å²) in [6.45, 7) is 0. The van der Waals surface area contributed by atoms with Crippen LogP contribution in [0.25, 0.3) is 0 Å². The van der Waals surface area contributed by atoms with Crippen molar-refractivity contribution in [3.63, 3.8) is 0 Å². The van der Waals surface area contributed by atoms with Crippen LogP contribution >= 0.6 is 0 Å². The quantitative estimate of drug-likeness (QED) is 0.903. The number of hydrogen-bond donors (Lipinski definition) is 1. The zero-order valence-corrected chi connectivity index (χ0v) is 11.5. The summed E-state index contributed by atoms with van der Waals surface area (Å²) in [6, 6.07) is 10.7. The van der Waals surface area contributed by atoms with Crippen LogP contribution in [-0.4, -0.2) is 14.2 Å². The molecule has 1 atom stereocenters. The van der Waals surface area contributed by atoms with E-state index in [1.54, 1.807) is 14.2 Å². The SMILES string of the molecule is CNC(Cc1ccccc1OC)c1cc(F)ccc1F. The first-order valence-electron chi connectivity index (χ1n) is 6.39. The largest absolute Gasteiger partial charge is 0.496 e. The van der Waals surface area contributed by atoms with Crippen LogP contribution in [0, 0.1) is 11.6 Å². The van der Waals surface area contributed by atoms with Gasteiger partial charge in [-0.15, -0.1) is 0 Å². The van der Waals surface area contributed by atoms with Crippen molar-refractivity contribution in [2.45, 2.75) is 12.5 Å². The highest BCUT2D eigenvalue weighted by Crippen LogP contribution is 2.26. The zero-order chi connectivity index (χ0) is 14.5. The van der Waals surface area contributed by atoms with Gasteiger partial charge >= 0.3 is 0 Å². The van der Waals surface area contributed by atoms with Crippen molar-refractivity contribution < 1.29 is 13.5 Å². The molecule has 0 spiro atoms. The number of methoxy groups -OCH3 is 1. The van der Waals surface area contributed by atoms with Crippen LogP contribution < -0.4 is 10.1 Å². The number of hydrogen-bond acceptors (Lipinski definition) is 2. The average Bonchev–Trinajstić information content (AvgIpc) is 2.48. The highest BCUT2D eigenvalue weighted by atomic mass is 19.1. The number of likely N-dealkylation sites (N-methyl/N-ethyl adjacent to an activating group) is 1. The van der Waals surface area contributed by atoms with E-state index in [9.17, 15) is 8.78 Å². The Morgan fingerprint density at radius 3 is 2.60 bits per heavy atom. The van der Waals surface area contributed by atoms with Crippen LogP contribution in [0.3, 0.4) is 0 Å². The number of benzene rings is 2. The van der Waals surface area contributed by atoms with Crippen molar-refractivity contribution in [2.24, 2.45) is 0 Å². The monoisotopic (exact) mass is 277 g/mol. The van der Waals surface area contributed by atoms with Crippen LogP contribution in [0.1, 0.15) is 17.2 Å². The lowest BCUT2D eigenvalue weighted by Gasteiger charge is -2.19. The Morgan fingerprint density at radius 2 is 1.90 bits per heavy atom. The van der Waals surface area contributed by atoms with E-state index in [1.165, 1.54) is 6.07 Å². The highest BCUT2D eigenvalue weighted by Gasteiger charge is 2.17. The van der Waals surface area contributed by atoms with Crippen LogP contribution in [0.4, 0.5) is 8.78 Å². The van der Waals surface area contributed by atoms with Crippen molar-refractivity contribution >= 4 is 0 Å². The van der Waals surface area contributed by atoms with Gasteiger partial charge in [0.15, 0.2) is 0 Å². The number of nitrogens with one attached hydrogen (secondary N) is 1.